The largest absolute Gasteiger partial charge is 0.396 e. The average molecular weight is 429 g/mol. The first-order valence-corrected chi connectivity index (χ1v) is 10.8. The molecule has 0 saturated carbocycles. The highest BCUT2D eigenvalue weighted by Gasteiger charge is 2.17. The van der Waals surface area contributed by atoms with E-state index < -0.39 is 5.82 Å². The molecule has 4 aromatic rings. The molecule has 3 heterocycles. The molecule has 0 amide bonds. The molecule has 5 nitrogen and oxygen atoms in total. The van der Waals surface area contributed by atoms with Crippen molar-refractivity contribution in [3.63, 3.8) is 0 Å². The molecule has 1 aliphatic heterocycles. The smallest absolute Gasteiger partial charge is 0.154 e. The van der Waals surface area contributed by atoms with Crippen LogP contribution in [0.15, 0.2) is 61.1 Å². The van der Waals surface area contributed by atoms with E-state index in [9.17, 15) is 0 Å². The van der Waals surface area contributed by atoms with Crippen LogP contribution in [0.25, 0.3) is 21.9 Å². The number of anilines is 3. The van der Waals surface area contributed by atoms with E-state index >= 15 is 4.39 Å². The second-order valence-electron chi connectivity index (χ2n) is 8.30. The van der Waals surface area contributed by atoms with Crippen LogP contribution in [0.5, 0.6) is 0 Å². The van der Waals surface area contributed by atoms with E-state index in [0.29, 0.717) is 22.7 Å². The number of nitrogens with one attached hydrogen (secondary N) is 1. The van der Waals surface area contributed by atoms with Crippen molar-refractivity contribution in [2.24, 2.45) is 0 Å². The highest BCUT2D eigenvalue weighted by molar-refractivity contribution is 5.98. The van der Waals surface area contributed by atoms with Crippen molar-refractivity contribution in [1.29, 1.82) is 0 Å². The highest BCUT2D eigenvalue weighted by Crippen LogP contribution is 2.35. The fourth-order valence-electron chi connectivity index (χ4n) is 4.33. The van der Waals surface area contributed by atoms with Gasteiger partial charge < -0.3 is 15.8 Å². The van der Waals surface area contributed by atoms with Crippen molar-refractivity contribution in [1.82, 2.24) is 9.97 Å². The molecular weight excluding hydrogens is 403 g/mol. The van der Waals surface area contributed by atoms with Gasteiger partial charge in [0, 0.05) is 53.3 Å². The lowest BCUT2D eigenvalue weighted by Crippen LogP contribution is -2.15. The Labute approximate surface area is 186 Å². The van der Waals surface area contributed by atoms with Crippen LogP contribution >= 0.6 is 0 Å². The number of benzene rings is 2. The highest BCUT2D eigenvalue weighted by atomic mass is 19.1. The Balaban J connectivity index is 1.50. The molecule has 0 spiro atoms. The lowest BCUT2D eigenvalue weighted by molar-refractivity contribution is 0.0804. The summed E-state index contributed by atoms with van der Waals surface area (Å²) >= 11 is 0. The Hall–Kier alpha value is -3.51. The fraction of sp³-hybridized carbons (Fsp3) is 0.231. The Bertz CT molecular complexity index is 1280. The zero-order valence-corrected chi connectivity index (χ0v) is 17.9. The number of hydrogen-bond donors (Lipinski definition) is 2. The molecule has 32 heavy (non-hydrogen) atoms. The molecule has 1 unspecified atom stereocenters. The van der Waals surface area contributed by atoms with Gasteiger partial charge >= 0.3 is 0 Å². The van der Waals surface area contributed by atoms with Crippen molar-refractivity contribution >= 4 is 28.0 Å². The van der Waals surface area contributed by atoms with Gasteiger partial charge in [-0.15, -0.1) is 0 Å². The molecule has 1 fully saturated rings. The van der Waals surface area contributed by atoms with Crippen molar-refractivity contribution in [2.75, 3.05) is 24.3 Å². The minimum atomic E-state index is -0.446. The van der Waals surface area contributed by atoms with Crippen LogP contribution in [-0.4, -0.2) is 23.2 Å². The molecule has 5 rings (SSSR count). The van der Waals surface area contributed by atoms with E-state index in [0.717, 1.165) is 48.3 Å². The van der Waals surface area contributed by atoms with Gasteiger partial charge in [-0.05, 0) is 66.6 Å². The molecule has 2 aromatic carbocycles. The molecule has 0 radical (unpaired) electrons. The van der Waals surface area contributed by atoms with E-state index in [1.54, 1.807) is 18.6 Å². The second kappa shape index (κ2) is 8.55. The van der Waals surface area contributed by atoms with Gasteiger partial charge in [-0.2, -0.15) is 0 Å². The van der Waals surface area contributed by atoms with Gasteiger partial charge in [0.2, 0.25) is 0 Å². The predicted octanol–water partition coefficient (Wildman–Crippen LogP) is 5.96. The lowest BCUT2D eigenvalue weighted by atomic mass is 9.93. The minimum Gasteiger partial charge on any atom is -0.396 e. The van der Waals surface area contributed by atoms with Gasteiger partial charge in [-0.1, -0.05) is 12.1 Å². The van der Waals surface area contributed by atoms with Crippen LogP contribution in [0.1, 0.15) is 29.9 Å². The van der Waals surface area contributed by atoms with Gasteiger partial charge in [-0.25, -0.2) is 9.37 Å². The first-order chi connectivity index (χ1) is 15.6. The van der Waals surface area contributed by atoms with Crippen molar-refractivity contribution in [3.05, 3.63) is 78.0 Å². The van der Waals surface area contributed by atoms with Crippen LogP contribution in [0.2, 0.25) is 0 Å². The molecule has 1 atom stereocenters. The third-order valence-electron chi connectivity index (χ3n) is 6.12. The zero-order valence-electron chi connectivity index (χ0n) is 17.9. The third kappa shape index (κ3) is 3.89. The maximum absolute atomic E-state index is 15.1. The van der Waals surface area contributed by atoms with Crippen LogP contribution in [0, 0.1) is 12.7 Å². The number of ether oxygens (including phenoxy) is 1. The molecule has 0 aliphatic carbocycles. The lowest BCUT2D eigenvalue weighted by Gasteiger charge is -2.23. The summed E-state index contributed by atoms with van der Waals surface area (Å²) in [6.07, 6.45) is 7.21. The number of fused-ring (bicyclic) bond motifs is 1. The first kappa shape index (κ1) is 20.4. The summed E-state index contributed by atoms with van der Waals surface area (Å²) in [6, 6.07) is 13.9. The van der Waals surface area contributed by atoms with Gasteiger partial charge in [0.15, 0.2) is 5.82 Å². The standard InChI is InChI=1S/C26H25FN4O/c1-16-7-8-29-13-22(16)21-11-19-12-24(30-14-23(19)26(28)25(21)27)31-20-6-2-4-17(10-20)18-5-3-9-32-15-18/h2,4,6-8,10-14,18H,3,5,9,15,28H2,1H3,(H,30,31). The summed E-state index contributed by atoms with van der Waals surface area (Å²) in [5, 5.41) is 4.79. The third-order valence-corrected chi connectivity index (χ3v) is 6.12. The summed E-state index contributed by atoms with van der Waals surface area (Å²) in [6.45, 7) is 3.54. The van der Waals surface area contributed by atoms with Crippen molar-refractivity contribution < 1.29 is 9.13 Å². The zero-order chi connectivity index (χ0) is 22.1. The maximum atomic E-state index is 15.1. The van der Waals surface area contributed by atoms with Gasteiger partial charge in [0.05, 0.1) is 12.3 Å². The number of rotatable bonds is 4. The number of aryl methyl sites for hydroxylation is 1. The van der Waals surface area contributed by atoms with E-state index in [1.807, 2.05) is 37.3 Å². The molecule has 3 N–H and O–H groups in total. The van der Waals surface area contributed by atoms with Crippen LogP contribution < -0.4 is 11.1 Å². The molecule has 162 valence electrons. The first-order valence-electron chi connectivity index (χ1n) is 10.8. The van der Waals surface area contributed by atoms with Gasteiger partial charge in [0.1, 0.15) is 5.82 Å². The Morgan fingerprint density at radius 3 is 2.84 bits per heavy atom. The van der Waals surface area contributed by atoms with Crippen molar-refractivity contribution in [2.45, 2.75) is 25.7 Å². The number of nitrogens with zero attached hydrogens (tertiary/aromatic N) is 2. The Morgan fingerprint density at radius 1 is 1.12 bits per heavy atom. The molecule has 2 aromatic heterocycles. The normalized spacial score (nSPS) is 16.2. The van der Waals surface area contributed by atoms with E-state index in [1.165, 1.54) is 5.56 Å². The van der Waals surface area contributed by atoms with E-state index in [-0.39, 0.29) is 5.69 Å². The van der Waals surface area contributed by atoms with Gasteiger partial charge in [0.25, 0.3) is 0 Å². The number of pyridine rings is 2. The second-order valence-corrected chi connectivity index (χ2v) is 8.30. The Morgan fingerprint density at radius 2 is 2.03 bits per heavy atom. The topological polar surface area (TPSA) is 73.1 Å². The summed E-state index contributed by atoms with van der Waals surface area (Å²) in [5.41, 5.74) is 10.6. The van der Waals surface area contributed by atoms with Crippen molar-refractivity contribution in [3.8, 4) is 11.1 Å². The number of aromatic nitrogens is 2. The maximum Gasteiger partial charge on any atom is 0.154 e. The van der Waals surface area contributed by atoms with Crippen LogP contribution in [-0.2, 0) is 4.74 Å². The molecular formula is C26H25FN4O. The molecule has 0 bridgehead atoms. The quantitative estimate of drug-likeness (QED) is 0.392. The summed E-state index contributed by atoms with van der Waals surface area (Å²) in [7, 11) is 0. The van der Waals surface area contributed by atoms with E-state index in [2.05, 4.69) is 27.4 Å². The SMILES string of the molecule is Cc1ccncc1-c1cc2cc(Nc3cccc(C4CCCOC4)c3)ncc2c(N)c1F. The molecule has 6 heteroatoms. The molecule has 1 aliphatic rings. The minimum absolute atomic E-state index is 0.0964. The number of halogens is 1. The van der Waals surface area contributed by atoms with E-state index in [4.69, 9.17) is 10.5 Å². The summed E-state index contributed by atoms with van der Waals surface area (Å²) in [4.78, 5) is 8.62. The average Bonchev–Trinajstić information content (AvgIpc) is 2.83. The monoisotopic (exact) mass is 428 g/mol. The summed E-state index contributed by atoms with van der Waals surface area (Å²) in [5.74, 6) is 0.649. The van der Waals surface area contributed by atoms with Crippen LogP contribution in [0.4, 0.5) is 21.6 Å². The molecule has 1 saturated heterocycles. The van der Waals surface area contributed by atoms with Crippen LogP contribution in [0.3, 0.4) is 0 Å². The number of nitrogen functional groups attached to an aromatic ring is 1. The number of hydrogen-bond acceptors (Lipinski definition) is 5. The fourth-order valence-corrected chi connectivity index (χ4v) is 4.33. The predicted molar refractivity (Wildman–Crippen MR) is 127 cm³/mol. The summed E-state index contributed by atoms with van der Waals surface area (Å²) < 4.78 is 20.7. The number of nitrogens with two attached hydrogens (primary N) is 1. The Kier molecular flexibility index (Phi) is 5.45. The van der Waals surface area contributed by atoms with Gasteiger partial charge in [-0.3, -0.25) is 4.98 Å².